The summed E-state index contributed by atoms with van der Waals surface area (Å²) in [5.74, 6) is -0.0385. The van der Waals surface area contributed by atoms with E-state index in [1.807, 2.05) is 24.3 Å². The van der Waals surface area contributed by atoms with Crippen LogP contribution in [-0.2, 0) is 9.53 Å². The first kappa shape index (κ1) is 16.1. The first-order valence-corrected chi connectivity index (χ1v) is 9.31. The summed E-state index contributed by atoms with van der Waals surface area (Å²) in [5.41, 5.74) is 3.18. The van der Waals surface area contributed by atoms with Crippen LogP contribution in [0.5, 0.6) is 0 Å². The summed E-state index contributed by atoms with van der Waals surface area (Å²) in [6.45, 7) is 2.85. The zero-order chi connectivity index (χ0) is 17.7. The maximum absolute atomic E-state index is 13.9. The Morgan fingerprint density at radius 1 is 1.15 bits per heavy atom. The first-order valence-electron chi connectivity index (χ1n) is 9.31. The predicted molar refractivity (Wildman–Crippen MR) is 97.6 cm³/mol. The van der Waals surface area contributed by atoms with E-state index in [4.69, 9.17) is 4.74 Å². The number of carbonyl (C=O) groups excluding carboxylic acids is 1. The van der Waals surface area contributed by atoms with Crippen molar-refractivity contribution >= 4 is 17.2 Å². The molecule has 0 saturated carbocycles. The highest BCUT2D eigenvalue weighted by Gasteiger charge is 2.64. The Kier molecular flexibility index (Phi) is 3.71. The fourth-order valence-corrected chi connectivity index (χ4v) is 4.85. The van der Waals surface area contributed by atoms with E-state index >= 15 is 0 Å². The van der Waals surface area contributed by atoms with Gasteiger partial charge in [-0.15, -0.1) is 0 Å². The Bertz CT molecular complexity index is 850. The summed E-state index contributed by atoms with van der Waals surface area (Å²) in [6, 6.07) is 14.9. The monoisotopic (exact) mass is 353 g/mol. The SMILES string of the molecule is O=C(C1OCC[N@+]2(c3ccc(F)cc32)[C@H]1c1ccccc1)[C@H]1CCNC1. The molecule has 3 aliphatic heterocycles. The molecule has 26 heavy (non-hydrogen) atoms. The molecule has 0 aromatic heterocycles. The Labute approximate surface area is 152 Å². The van der Waals surface area contributed by atoms with Gasteiger partial charge in [0.2, 0.25) is 11.4 Å². The lowest BCUT2D eigenvalue weighted by atomic mass is 9.88. The zero-order valence-corrected chi connectivity index (χ0v) is 14.5. The molecule has 5 heteroatoms. The molecule has 5 rings (SSSR count). The molecular weight excluding hydrogens is 331 g/mol. The van der Waals surface area contributed by atoms with Crippen molar-refractivity contribution in [2.24, 2.45) is 5.92 Å². The van der Waals surface area contributed by atoms with E-state index in [1.165, 1.54) is 6.07 Å². The Hall–Kier alpha value is -2.08. The summed E-state index contributed by atoms with van der Waals surface area (Å²) in [7, 11) is 0. The van der Waals surface area contributed by atoms with E-state index in [-0.39, 0.29) is 23.6 Å². The van der Waals surface area contributed by atoms with Gasteiger partial charge in [0.05, 0.1) is 6.61 Å². The van der Waals surface area contributed by atoms with Gasteiger partial charge in [-0.2, -0.15) is 0 Å². The zero-order valence-electron chi connectivity index (χ0n) is 14.5. The topological polar surface area (TPSA) is 38.3 Å². The second-order valence-electron chi connectivity index (χ2n) is 7.46. The van der Waals surface area contributed by atoms with Crippen molar-refractivity contribution in [1.29, 1.82) is 0 Å². The number of hydrogen-bond donors (Lipinski definition) is 1. The smallest absolute Gasteiger partial charge is 0.203 e. The molecule has 2 aromatic rings. The third kappa shape index (κ3) is 2.28. The van der Waals surface area contributed by atoms with Crippen molar-refractivity contribution in [3.8, 4) is 0 Å². The van der Waals surface area contributed by atoms with Crippen LogP contribution in [-0.4, -0.2) is 38.1 Å². The van der Waals surface area contributed by atoms with Crippen LogP contribution in [0.3, 0.4) is 0 Å². The van der Waals surface area contributed by atoms with Gasteiger partial charge in [0.1, 0.15) is 12.4 Å². The van der Waals surface area contributed by atoms with Crippen LogP contribution in [0.1, 0.15) is 18.0 Å². The number of nitrogens with zero attached hydrogens (tertiary/aromatic N) is 1. The predicted octanol–water partition coefficient (Wildman–Crippen LogP) is 3.10. The lowest BCUT2D eigenvalue weighted by Crippen LogP contribution is -2.54. The number of morpholine rings is 1. The van der Waals surface area contributed by atoms with Crippen molar-refractivity contribution in [3.63, 3.8) is 0 Å². The summed E-state index contributed by atoms with van der Waals surface area (Å²) >= 11 is 0. The van der Waals surface area contributed by atoms with Gasteiger partial charge in [-0.3, -0.25) is 4.79 Å². The number of nitrogens with one attached hydrogen (secondary N) is 1. The molecule has 2 saturated heterocycles. The summed E-state index contributed by atoms with van der Waals surface area (Å²) in [4.78, 5) is 13.3. The summed E-state index contributed by atoms with van der Waals surface area (Å²) in [5, 5.41) is 3.28. The molecule has 0 bridgehead atoms. The van der Waals surface area contributed by atoms with Crippen molar-refractivity contribution in [3.05, 3.63) is 59.9 Å². The third-order valence-electron chi connectivity index (χ3n) is 6.13. The molecule has 0 amide bonds. The maximum atomic E-state index is 13.9. The normalized spacial score (nSPS) is 32.4. The first-order chi connectivity index (χ1) is 12.7. The minimum absolute atomic E-state index is 0.00385. The van der Waals surface area contributed by atoms with E-state index in [0.29, 0.717) is 11.1 Å². The van der Waals surface area contributed by atoms with Gasteiger partial charge >= 0.3 is 0 Å². The molecule has 4 atom stereocenters. The van der Waals surface area contributed by atoms with Gasteiger partial charge < -0.3 is 10.1 Å². The van der Waals surface area contributed by atoms with Crippen LogP contribution < -0.4 is 9.80 Å². The maximum Gasteiger partial charge on any atom is 0.203 e. The van der Waals surface area contributed by atoms with Crippen molar-refractivity contribution in [2.45, 2.75) is 18.6 Å². The highest BCUT2D eigenvalue weighted by Crippen LogP contribution is 2.64. The van der Waals surface area contributed by atoms with Crippen molar-refractivity contribution in [1.82, 2.24) is 9.80 Å². The van der Waals surface area contributed by atoms with Gasteiger partial charge in [0.25, 0.3) is 0 Å². The lowest BCUT2D eigenvalue weighted by molar-refractivity contribution is -0.142. The Balaban J connectivity index is 1.58. The number of fused-ring (bicyclic) bond motifs is 3. The number of benzene rings is 2. The molecule has 134 valence electrons. The molecule has 4 nitrogen and oxygen atoms in total. The molecular formula is C21H22FN2O2+. The Morgan fingerprint density at radius 2 is 2.00 bits per heavy atom. The van der Waals surface area contributed by atoms with E-state index in [1.54, 1.807) is 6.07 Å². The van der Waals surface area contributed by atoms with Crippen LogP contribution in [0.2, 0.25) is 0 Å². The van der Waals surface area contributed by atoms with Crippen molar-refractivity contribution in [2.75, 3.05) is 26.2 Å². The van der Waals surface area contributed by atoms with E-state index in [0.717, 1.165) is 43.0 Å². The van der Waals surface area contributed by atoms with Gasteiger partial charge in [0.15, 0.2) is 17.9 Å². The van der Waals surface area contributed by atoms with Crippen LogP contribution in [0.25, 0.3) is 0 Å². The molecule has 3 heterocycles. The summed E-state index contributed by atoms with van der Waals surface area (Å²) < 4.78 is 20.5. The third-order valence-corrected chi connectivity index (χ3v) is 6.13. The molecule has 0 aliphatic carbocycles. The van der Waals surface area contributed by atoms with Crippen LogP contribution in [0, 0.1) is 11.7 Å². The van der Waals surface area contributed by atoms with Crippen molar-refractivity contribution < 1.29 is 13.9 Å². The van der Waals surface area contributed by atoms with Crippen LogP contribution in [0.4, 0.5) is 15.8 Å². The van der Waals surface area contributed by atoms with E-state index in [2.05, 4.69) is 17.4 Å². The quantitative estimate of drug-likeness (QED) is 0.681. The molecule has 1 spiro atoms. The molecule has 1 N–H and O–H groups in total. The number of carbonyl (C=O) groups is 1. The number of Topliss-reactive ketones (excluding diaryl/α,β-unsaturated/α-hetero) is 1. The second-order valence-corrected chi connectivity index (χ2v) is 7.46. The second kappa shape index (κ2) is 5.98. The fourth-order valence-electron chi connectivity index (χ4n) is 4.85. The number of hydrogen-bond acceptors (Lipinski definition) is 3. The average Bonchev–Trinajstić information content (AvgIpc) is 3.04. The standard InChI is InChI=1S/C21H22FN2O2/c22-16-6-7-17-18(12-16)24(17)10-11-26-21(20(25)15-8-9-23-13-15)19(24)14-4-2-1-3-5-14/h1-7,12,15,19,21,23H,8-11,13H2/q+1/t15-,19-,21?,24+/m0/s1. The number of halogens is 1. The summed E-state index contributed by atoms with van der Waals surface area (Å²) in [6.07, 6.45) is 0.369. The minimum atomic E-state index is -0.494. The van der Waals surface area contributed by atoms with Gasteiger partial charge in [-0.1, -0.05) is 30.3 Å². The van der Waals surface area contributed by atoms with E-state index in [9.17, 15) is 9.18 Å². The van der Waals surface area contributed by atoms with Gasteiger partial charge in [-0.05, 0) is 19.0 Å². The lowest BCUT2D eigenvalue weighted by Gasteiger charge is -2.39. The Morgan fingerprint density at radius 3 is 2.73 bits per heavy atom. The van der Waals surface area contributed by atoms with Gasteiger partial charge in [-0.25, -0.2) is 8.87 Å². The molecule has 2 fully saturated rings. The van der Waals surface area contributed by atoms with Crippen LogP contribution >= 0.6 is 0 Å². The molecule has 0 radical (unpaired) electrons. The largest absolute Gasteiger partial charge is 0.358 e. The molecule has 3 aliphatic rings. The van der Waals surface area contributed by atoms with Gasteiger partial charge in [0, 0.05) is 30.2 Å². The minimum Gasteiger partial charge on any atom is -0.358 e. The highest BCUT2D eigenvalue weighted by atomic mass is 19.1. The number of quaternary nitrogens is 1. The molecule has 2 aromatic carbocycles. The van der Waals surface area contributed by atoms with E-state index < -0.39 is 6.10 Å². The van der Waals surface area contributed by atoms with Crippen LogP contribution in [0.15, 0.2) is 48.5 Å². The number of ether oxygens (including phenoxy) is 1. The molecule has 1 unspecified atom stereocenters. The average molecular weight is 353 g/mol. The fraction of sp³-hybridized carbons (Fsp3) is 0.381. The number of rotatable bonds is 3. The number of ketones is 1. The highest BCUT2D eigenvalue weighted by molar-refractivity contribution is 5.93.